The third kappa shape index (κ3) is 2.52. The summed E-state index contributed by atoms with van der Waals surface area (Å²) >= 11 is 0. The summed E-state index contributed by atoms with van der Waals surface area (Å²) in [5.74, 6) is 1.46. The van der Waals surface area contributed by atoms with Crippen LogP contribution in [-0.2, 0) is 12.1 Å². The maximum Gasteiger partial charge on any atom is 0.216 e. The smallest absolute Gasteiger partial charge is 0.216 e. The Balaban J connectivity index is 2.17. The molecule has 0 amide bonds. The topological polar surface area (TPSA) is 82.8 Å². The van der Waals surface area contributed by atoms with Gasteiger partial charge >= 0.3 is 0 Å². The fraction of sp³-hybridized carbons (Fsp3) is 0.545. The van der Waals surface area contributed by atoms with Crippen molar-refractivity contribution in [2.45, 2.75) is 39.8 Å². The van der Waals surface area contributed by atoms with Gasteiger partial charge in [-0.25, -0.2) is 9.67 Å². The third-order valence-corrected chi connectivity index (χ3v) is 2.57. The molecule has 0 radical (unpaired) electrons. The van der Waals surface area contributed by atoms with E-state index in [0.29, 0.717) is 12.4 Å². The lowest BCUT2D eigenvalue weighted by Crippen LogP contribution is -2.29. The van der Waals surface area contributed by atoms with Gasteiger partial charge in [0.1, 0.15) is 18.0 Å². The van der Waals surface area contributed by atoms with Gasteiger partial charge in [0.25, 0.3) is 0 Å². The Kier molecular flexibility index (Phi) is 2.74. The molecule has 0 fully saturated rings. The van der Waals surface area contributed by atoms with E-state index in [2.05, 4.69) is 15.3 Å². The first-order valence-corrected chi connectivity index (χ1v) is 5.48. The molecule has 0 saturated carbocycles. The number of nitrogens with two attached hydrogens (primary N) is 1. The van der Waals surface area contributed by atoms with Gasteiger partial charge in [-0.3, -0.25) is 0 Å². The maximum atomic E-state index is 5.94. The number of rotatable bonds is 3. The largest absolute Gasteiger partial charge is 0.444 e. The maximum absolute atomic E-state index is 5.94. The predicted octanol–water partition coefficient (Wildman–Crippen LogP) is 1.13. The molecular formula is C11H17N5O. The summed E-state index contributed by atoms with van der Waals surface area (Å²) in [6.07, 6.45) is 1.81. The number of hydrogen-bond acceptors (Lipinski definition) is 5. The number of hydrogen-bond donors (Lipinski definition) is 1. The van der Waals surface area contributed by atoms with Gasteiger partial charge in [-0.2, -0.15) is 0 Å². The summed E-state index contributed by atoms with van der Waals surface area (Å²) in [6, 6.07) is 0. The van der Waals surface area contributed by atoms with Gasteiger partial charge in [0.15, 0.2) is 0 Å². The SMILES string of the molecule is Cc1nc(Cn2cc(C(C)(C)N)nn2)oc1C. The molecule has 2 heterocycles. The average molecular weight is 235 g/mol. The summed E-state index contributed by atoms with van der Waals surface area (Å²) in [7, 11) is 0. The molecule has 0 aliphatic rings. The molecule has 0 aliphatic carbocycles. The van der Waals surface area contributed by atoms with Gasteiger partial charge in [-0.15, -0.1) is 5.10 Å². The van der Waals surface area contributed by atoms with Crippen LogP contribution in [0.5, 0.6) is 0 Å². The lowest BCUT2D eigenvalue weighted by molar-refractivity contribution is 0.442. The van der Waals surface area contributed by atoms with Gasteiger partial charge in [0.2, 0.25) is 5.89 Å². The van der Waals surface area contributed by atoms with Crippen LogP contribution < -0.4 is 5.73 Å². The van der Waals surface area contributed by atoms with Crippen LogP contribution in [-0.4, -0.2) is 20.0 Å². The van der Waals surface area contributed by atoms with Crippen molar-refractivity contribution in [2.75, 3.05) is 0 Å². The number of nitrogens with zero attached hydrogens (tertiary/aromatic N) is 4. The summed E-state index contributed by atoms with van der Waals surface area (Å²) in [4.78, 5) is 4.29. The van der Waals surface area contributed by atoms with E-state index >= 15 is 0 Å². The van der Waals surface area contributed by atoms with Gasteiger partial charge in [0.05, 0.1) is 17.4 Å². The second-order valence-corrected chi connectivity index (χ2v) is 4.77. The first-order chi connectivity index (χ1) is 7.86. The molecule has 6 nitrogen and oxygen atoms in total. The van der Waals surface area contributed by atoms with Crippen molar-refractivity contribution in [3.8, 4) is 0 Å². The quantitative estimate of drug-likeness (QED) is 0.862. The molecule has 0 unspecified atom stereocenters. The zero-order valence-electron chi connectivity index (χ0n) is 10.6. The second kappa shape index (κ2) is 3.96. The van der Waals surface area contributed by atoms with Crippen LogP contribution >= 0.6 is 0 Å². The summed E-state index contributed by atoms with van der Waals surface area (Å²) in [6.45, 7) is 8.05. The van der Waals surface area contributed by atoms with E-state index in [-0.39, 0.29) is 0 Å². The van der Waals surface area contributed by atoms with Crippen LogP contribution in [0.3, 0.4) is 0 Å². The highest BCUT2D eigenvalue weighted by Crippen LogP contribution is 2.14. The predicted molar refractivity (Wildman–Crippen MR) is 62.3 cm³/mol. The Labute approximate surface area is 99.8 Å². The molecular weight excluding hydrogens is 218 g/mol. The monoisotopic (exact) mass is 235 g/mol. The zero-order chi connectivity index (χ0) is 12.6. The minimum atomic E-state index is -0.485. The molecule has 2 aromatic rings. The molecule has 0 aliphatic heterocycles. The van der Waals surface area contributed by atoms with Crippen molar-refractivity contribution in [1.82, 2.24) is 20.0 Å². The number of oxazole rings is 1. The van der Waals surface area contributed by atoms with Crippen LogP contribution in [0.25, 0.3) is 0 Å². The lowest BCUT2D eigenvalue weighted by Gasteiger charge is -2.13. The van der Waals surface area contributed by atoms with E-state index in [4.69, 9.17) is 10.2 Å². The molecule has 0 atom stereocenters. The average Bonchev–Trinajstić information content (AvgIpc) is 2.75. The molecule has 0 bridgehead atoms. The van der Waals surface area contributed by atoms with Crippen LogP contribution in [0.1, 0.15) is 36.9 Å². The molecule has 6 heteroatoms. The van der Waals surface area contributed by atoms with Crippen molar-refractivity contribution in [3.63, 3.8) is 0 Å². The van der Waals surface area contributed by atoms with Crippen molar-refractivity contribution in [3.05, 3.63) is 29.2 Å². The van der Waals surface area contributed by atoms with Crippen LogP contribution in [0.15, 0.2) is 10.6 Å². The number of aryl methyl sites for hydroxylation is 2. The molecule has 0 saturated heterocycles. The van der Waals surface area contributed by atoms with E-state index in [0.717, 1.165) is 17.1 Å². The molecule has 2 rings (SSSR count). The van der Waals surface area contributed by atoms with E-state index in [9.17, 15) is 0 Å². The molecule has 92 valence electrons. The summed E-state index contributed by atoms with van der Waals surface area (Å²) in [5, 5.41) is 8.03. The van der Waals surface area contributed by atoms with E-state index in [1.165, 1.54) is 0 Å². The third-order valence-electron chi connectivity index (χ3n) is 2.57. The van der Waals surface area contributed by atoms with Crippen LogP contribution in [0, 0.1) is 13.8 Å². The Morgan fingerprint density at radius 1 is 1.41 bits per heavy atom. The Morgan fingerprint density at radius 2 is 2.12 bits per heavy atom. The van der Waals surface area contributed by atoms with Gasteiger partial charge in [-0.05, 0) is 27.7 Å². The zero-order valence-corrected chi connectivity index (χ0v) is 10.6. The minimum absolute atomic E-state index is 0.470. The van der Waals surface area contributed by atoms with Gasteiger partial charge in [0, 0.05) is 0 Å². The highest BCUT2D eigenvalue weighted by Gasteiger charge is 2.18. The molecule has 0 aromatic carbocycles. The highest BCUT2D eigenvalue weighted by atomic mass is 16.4. The van der Waals surface area contributed by atoms with Gasteiger partial charge in [-0.1, -0.05) is 5.21 Å². The van der Waals surface area contributed by atoms with E-state index in [1.807, 2.05) is 33.9 Å². The Hall–Kier alpha value is -1.69. The van der Waals surface area contributed by atoms with Crippen molar-refractivity contribution >= 4 is 0 Å². The Bertz CT molecular complexity index is 501. The first kappa shape index (κ1) is 11.8. The van der Waals surface area contributed by atoms with Gasteiger partial charge < -0.3 is 10.2 Å². The fourth-order valence-electron chi connectivity index (χ4n) is 1.42. The summed E-state index contributed by atoms with van der Waals surface area (Å²) in [5.41, 5.74) is 7.10. The van der Waals surface area contributed by atoms with Crippen LogP contribution in [0.4, 0.5) is 0 Å². The van der Waals surface area contributed by atoms with E-state index < -0.39 is 5.54 Å². The van der Waals surface area contributed by atoms with Crippen molar-refractivity contribution in [1.29, 1.82) is 0 Å². The highest BCUT2D eigenvalue weighted by molar-refractivity contribution is 5.08. The van der Waals surface area contributed by atoms with Crippen molar-refractivity contribution < 1.29 is 4.42 Å². The fourth-order valence-corrected chi connectivity index (χ4v) is 1.42. The normalized spacial score (nSPS) is 12.1. The summed E-state index contributed by atoms with van der Waals surface area (Å²) < 4.78 is 7.16. The molecule has 2 aromatic heterocycles. The second-order valence-electron chi connectivity index (χ2n) is 4.77. The lowest BCUT2D eigenvalue weighted by atomic mass is 10.0. The molecule has 0 spiro atoms. The first-order valence-electron chi connectivity index (χ1n) is 5.48. The minimum Gasteiger partial charge on any atom is -0.444 e. The Morgan fingerprint density at radius 3 is 2.59 bits per heavy atom. The van der Waals surface area contributed by atoms with E-state index in [1.54, 1.807) is 4.68 Å². The standard InChI is InChI=1S/C11H17N5O/c1-7-8(2)17-10(13-7)6-16-5-9(14-15-16)11(3,4)12/h5H,6,12H2,1-4H3. The molecule has 2 N–H and O–H groups in total. The van der Waals surface area contributed by atoms with Crippen molar-refractivity contribution in [2.24, 2.45) is 5.73 Å². The molecule has 17 heavy (non-hydrogen) atoms. The van der Waals surface area contributed by atoms with Crippen LogP contribution in [0.2, 0.25) is 0 Å². The number of aromatic nitrogens is 4.